The van der Waals surface area contributed by atoms with Gasteiger partial charge in [-0.2, -0.15) is 5.10 Å². The molecule has 0 radical (unpaired) electrons. The number of rotatable bonds is 4. The van der Waals surface area contributed by atoms with E-state index in [1.807, 2.05) is 4.68 Å². The van der Waals surface area contributed by atoms with Crippen LogP contribution in [0.25, 0.3) is 9.40 Å². The predicted octanol–water partition coefficient (Wildman–Crippen LogP) is 2.82. The molecule has 4 nitrogen and oxygen atoms in total. The van der Waals surface area contributed by atoms with E-state index in [0.717, 1.165) is 18.8 Å². The van der Waals surface area contributed by atoms with Gasteiger partial charge >= 0.3 is 0 Å². The van der Waals surface area contributed by atoms with E-state index in [-0.39, 0.29) is 6.04 Å². The molecule has 1 atom stereocenters. The predicted molar refractivity (Wildman–Crippen MR) is 76.0 cm³/mol. The van der Waals surface area contributed by atoms with Crippen LogP contribution in [0.1, 0.15) is 23.7 Å². The van der Waals surface area contributed by atoms with Gasteiger partial charge in [-0.1, -0.05) is 0 Å². The van der Waals surface area contributed by atoms with Gasteiger partial charge in [0.2, 0.25) is 0 Å². The van der Waals surface area contributed by atoms with Gasteiger partial charge in [-0.15, -0.1) is 22.7 Å². The minimum atomic E-state index is 0.00380. The minimum Gasteiger partial charge on any atom is -0.323 e. The summed E-state index contributed by atoms with van der Waals surface area (Å²) in [6.07, 6.45) is 2.33. The van der Waals surface area contributed by atoms with Crippen molar-refractivity contribution in [2.45, 2.75) is 25.9 Å². The Labute approximate surface area is 113 Å². The fourth-order valence-corrected chi connectivity index (χ4v) is 4.10. The fourth-order valence-electron chi connectivity index (χ4n) is 1.97. The van der Waals surface area contributed by atoms with E-state index >= 15 is 0 Å². The third kappa shape index (κ3) is 2.07. The van der Waals surface area contributed by atoms with E-state index in [1.54, 1.807) is 29.0 Å². The maximum atomic E-state index is 6.27. The topological polar surface area (TPSA) is 56.7 Å². The molecule has 0 saturated carbocycles. The highest BCUT2D eigenvalue weighted by atomic mass is 32.1. The Kier molecular flexibility index (Phi) is 3.15. The van der Waals surface area contributed by atoms with Crippen molar-refractivity contribution < 1.29 is 0 Å². The molecule has 0 aromatic carbocycles. The molecular formula is C12H14N4S2. The summed E-state index contributed by atoms with van der Waals surface area (Å²) in [6, 6.07) is 4.35. The first-order chi connectivity index (χ1) is 8.78. The SMILES string of the molecule is CCn1ncnc1CC(N)c1cc2sccc2s1. The van der Waals surface area contributed by atoms with E-state index in [4.69, 9.17) is 5.73 Å². The summed E-state index contributed by atoms with van der Waals surface area (Å²) in [5.74, 6) is 0.960. The van der Waals surface area contributed by atoms with Crippen LogP contribution in [-0.4, -0.2) is 14.8 Å². The summed E-state index contributed by atoms with van der Waals surface area (Å²) in [4.78, 5) is 5.50. The molecule has 0 aliphatic heterocycles. The molecule has 94 valence electrons. The minimum absolute atomic E-state index is 0.00380. The average Bonchev–Trinajstić information content (AvgIpc) is 3.02. The molecule has 3 heterocycles. The third-order valence-electron chi connectivity index (χ3n) is 2.92. The Balaban J connectivity index is 1.82. The number of aryl methyl sites for hydroxylation is 1. The highest BCUT2D eigenvalue weighted by molar-refractivity contribution is 7.26. The summed E-state index contributed by atoms with van der Waals surface area (Å²) < 4.78 is 4.54. The Morgan fingerprint density at radius 3 is 3.11 bits per heavy atom. The van der Waals surface area contributed by atoms with Crippen LogP contribution in [-0.2, 0) is 13.0 Å². The molecule has 0 amide bonds. The van der Waals surface area contributed by atoms with Crippen molar-refractivity contribution in [3.05, 3.63) is 34.5 Å². The van der Waals surface area contributed by atoms with Gasteiger partial charge in [-0.3, -0.25) is 4.68 Å². The van der Waals surface area contributed by atoms with Crippen LogP contribution in [0, 0.1) is 0 Å². The van der Waals surface area contributed by atoms with Gasteiger partial charge in [0.05, 0.1) is 0 Å². The van der Waals surface area contributed by atoms with Crippen molar-refractivity contribution in [3.63, 3.8) is 0 Å². The Bertz CT molecular complexity index is 623. The van der Waals surface area contributed by atoms with Crippen LogP contribution < -0.4 is 5.73 Å². The van der Waals surface area contributed by atoms with Crippen LogP contribution in [0.3, 0.4) is 0 Å². The molecule has 2 N–H and O–H groups in total. The van der Waals surface area contributed by atoms with Crippen molar-refractivity contribution in [2.24, 2.45) is 5.73 Å². The molecule has 0 fully saturated rings. The lowest BCUT2D eigenvalue weighted by Gasteiger charge is -2.09. The van der Waals surface area contributed by atoms with Gasteiger partial charge in [-0.25, -0.2) is 4.98 Å². The van der Waals surface area contributed by atoms with E-state index in [0.29, 0.717) is 0 Å². The highest BCUT2D eigenvalue weighted by Gasteiger charge is 2.14. The quantitative estimate of drug-likeness (QED) is 0.798. The van der Waals surface area contributed by atoms with Crippen molar-refractivity contribution in [1.29, 1.82) is 0 Å². The van der Waals surface area contributed by atoms with E-state index < -0.39 is 0 Å². The Morgan fingerprint density at radius 2 is 2.33 bits per heavy atom. The zero-order chi connectivity index (χ0) is 12.5. The van der Waals surface area contributed by atoms with Crippen LogP contribution in [0.5, 0.6) is 0 Å². The van der Waals surface area contributed by atoms with Gasteiger partial charge in [-0.05, 0) is 24.4 Å². The molecule has 0 aliphatic carbocycles. The lowest BCUT2D eigenvalue weighted by atomic mass is 10.2. The van der Waals surface area contributed by atoms with Crippen molar-refractivity contribution in [3.8, 4) is 0 Å². The van der Waals surface area contributed by atoms with Gasteiger partial charge in [0.1, 0.15) is 12.2 Å². The molecule has 3 aromatic rings. The summed E-state index contributed by atoms with van der Waals surface area (Å²) in [7, 11) is 0. The number of nitrogens with two attached hydrogens (primary N) is 1. The average molecular weight is 278 g/mol. The number of hydrogen-bond donors (Lipinski definition) is 1. The lowest BCUT2D eigenvalue weighted by Crippen LogP contribution is -2.15. The van der Waals surface area contributed by atoms with Crippen molar-refractivity contribution >= 4 is 32.1 Å². The Hall–Kier alpha value is -1.24. The van der Waals surface area contributed by atoms with Crippen LogP contribution in [0.2, 0.25) is 0 Å². The van der Waals surface area contributed by atoms with Crippen LogP contribution >= 0.6 is 22.7 Å². The monoisotopic (exact) mass is 278 g/mol. The molecule has 0 bridgehead atoms. The molecule has 6 heteroatoms. The summed E-state index contributed by atoms with van der Waals surface area (Å²) in [6.45, 7) is 2.90. The number of thiophene rings is 2. The van der Waals surface area contributed by atoms with Crippen LogP contribution in [0.15, 0.2) is 23.8 Å². The summed E-state index contributed by atoms with van der Waals surface area (Å²) in [5, 5.41) is 6.28. The third-order valence-corrected chi connectivity index (χ3v) is 5.15. The van der Waals surface area contributed by atoms with E-state index in [1.165, 1.54) is 14.3 Å². The summed E-state index contributed by atoms with van der Waals surface area (Å²) >= 11 is 3.54. The smallest absolute Gasteiger partial charge is 0.138 e. The molecule has 3 aromatic heterocycles. The normalized spacial score (nSPS) is 13.2. The maximum absolute atomic E-state index is 6.27. The van der Waals surface area contributed by atoms with Gasteiger partial charge < -0.3 is 5.73 Å². The largest absolute Gasteiger partial charge is 0.323 e. The lowest BCUT2D eigenvalue weighted by molar-refractivity contribution is 0.584. The first-order valence-corrected chi connectivity index (χ1v) is 7.56. The molecule has 0 saturated heterocycles. The number of hydrogen-bond acceptors (Lipinski definition) is 5. The molecule has 18 heavy (non-hydrogen) atoms. The fraction of sp³-hybridized carbons (Fsp3) is 0.333. The highest BCUT2D eigenvalue weighted by Crippen LogP contribution is 2.33. The zero-order valence-corrected chi connectivity index (χ0v) is 11.7. The standard InChI is InChI=1S/C12H14N4S2/c1-2-16-12(14-7-15-16)5-8(13)10-6-11-9(18-10)3-4-17-11/h3-4,6-8H,2,5,13H2,1H3. The number of nitrogens with zero attached hydrogens (tertiary/aromatic N) is 3. The van der Waals surface area contributed by atoms with Crippen molar-refractivity contribution in [2.75, 3.05) is 0 Å². The molecule has 3 rings (SSSR count). The zero-order valence-electron chi connectivity index (χ0n) is 10.0. The van der Waals surface area contributed by atoms with Crippen molar-refractivity contribution in [1.82, 2.24) is 14.8 Å². The number of fused-ring (bicyclic) bond motifs is 1. The molecule has 0 aliphatic rings. The molecule has 0 spiro atoms. The first-order valence-electron chi connectivity index (χ1n) is 5.87. The Morgan fingerprint density at radius 1 is 1.44 bits per heavy atom. The second-order valence-electron chi connectivity index (χ2n) is 4.10. The van der Waals surface area contributed by atoms with E-state index in [2.05, 4.69) is 34.5 Å². The maximum Gasteiger partial charge on any atom is 0.138 e. The molecular weight excluding hydrogens is 264 g/mol. The van der Waals surface area contributed by atoms with Gasteiger partial charge in [0.25, 0.3) is 0 Å². The first kappa shape index (κ1) is 11.8. The second-order valence-corrected chi connectivity index (χ2v) is 6.16. The number of aromatic nitrogens is 3. The second kappa shape index (κ2) is 4.79. The molecule has 1 unspecified atom stereocenters. The van der Waals surface area contributed by atoms with Gasteiger partial charge in [0, 0.05) is 33.3 Å². The van der Waals surface area contributed by atoms with Crippen LogP contribution in [0.4, 0.5) is 0 Å². The summed E-state index contributed by atoms with van der Waals surface area (Å²) in [5.41, 5.74) is 6.27. The van der Waals surface area contributed by atoms with E-state index in [9.17, 15) is 0 Å². The van der Waals surface area contributed by atoms with Gasteiger partial charge in [0.15, 0.2) is 0 Å².